The lowest BCUT2D eigenvalue weighted by atomic mass is 9.69. The number of rotatable bonds is 16. The molecule has 0 aromatic heterocycles. The third-order valence-corrected chi connectivity index (χ3v) is 8.64. The summed E-state index contributed by atoms with van der Waals surface area (Å²) in [6, 6.07) is 0.349. The van der Waals surface area contributed by atoms with Gasteiger partial charge in [-0.15, -0.1) is 0 Å². The van der Waals surface area contributed by atoms with Gasteiger partial charge in [0.15, 0.2) is 0 Å². The van der Waals surface area contributed by atoms with E-state index in [4.69, 9.17) is 10.8 Å². The van der Waals surface area contributed by atoms with Crippen molar-refractivity contribution in [2.75, 3.05) is 18.6 Å². The maximum atomic E-state index is 8.41. The lowest BCUT2D eigenvalue weighted by Gasteiger charge is -2.40. The first-order valence-electron chi connectivity index (χ1n) is 11.2. The maximum Gasteiger partial charge on any atom is 0.0942 e. The minimum atomic E-state index is 0.349. The van der Waals surface area contributed by atoms with Gasteiger partial charge in [0.05, 0.1) is 11.7 Å². The third kappa shape index (κ3) is 10.4. The lowest BCUT2D eigenvalue weighted by Crippen LogP contribution is -2.45. The van der Waals surface area contributed by atoms with Crippen LogP contribution in [0.2, 0.25) is 0 Å². The molecule has 28 heavy (non-hydrogen) atoms. The van der Waals surface area contributed by atoms with E-state index in [0.29, 0.717) is 29.5 Å². The van der Waals surface area contributed by atoms with E-state index in [0.717, 1.165) is 36.2 Å². The summed E-state index contributed by atoms with van der Waals surface area (Å²) in [5, 5.41) is 22.4. The SMILES string of the molecule is CCC(CC)C(C)C(C(CC)CC)C(C)NC(=N)CCSSCCC(=N)NC. The molecule has 0 aromatic rings. The van der Waals surface area contributed by atoms with E-state index < -0.39 is 0 Å². The molecular formula is C22H46N4S2. The number of hydrogen-bond donors (Lipinski definition) is 4. The summed E-state index contributed by atoms with van der Waals surface area (Å²) < 4.78 is 0. The largest absolute Gasteiger partial charge is 0.377 e. The Balaban J connectivity index is 4.57. The van der Waals surface area contributed by atoms with E-state index in [1.165, 1.54) is 25.7 Å². The highest BCUT2D eigenvalue weighted by molar-refractivity contribution is 8.76. The van der Waals surface area contributed by atoms with Crippen molar-refractivity contribution in [2.24, 2.45) is 23.7 Å². The zero-order valence-electron chi connectivity index (χ0n) is 19.4. The fraction of sp³-hybridized carbons (Fsp3) is 0.909. The number of nitrogens with one attached hydrogen (secondary N) is 4. The van der Waals surface area contributed by atoms with Crippen LogP contribution in [0.5, 0.6) is 0 Å². The van der Waals surface area contributed by atoms with Crippen molar-refractivity contribution in [1.29, 1.82) is 10.8 Å². The Hall–Kier alpha value is -0.360. The molecule has 3 atom stereocenters. The van der Waals surface area contributed by atoms with Crippen molar-refractivity contribution in [3.63, 3.8) is 0 Å². The van der Waals surface area contributed by atoms with Crippen LogP contribution < -0.4 is 10.6 Å². The summed E-state index contributed by atoms with van der Waals surface area (Å²) in [6.07, 6.45) is 6.51. The molecule has 6 heteroatoms. The first kappa shape index (κ1) is 27.6. The molecule has 0 aliphatic carbocycles. The van der Waals surface area contributed by atoms with Crippen molar-refractivity contribution in [2.45, 2.75) is 86.1 Å². The van der Waals surface area contributed by atoms with Crippen LogP contribution in [0.4, 0.5) is 0 Å². The van der Waals surface area contributed by atoms with Gasteiger partial charge in [-0.2, -0.15) is 0 Å². The van der Waals surface area contributed by atoms with Gasteiger partial charge < -0.3 is 10.6 Å². The molecule has 0 aromatic carbocycles. The molecule has 4 nitrogen and oxygen atoms in total. The fourth-order valence-corrected chi connectivity index (χ4v) is 6.46. The fourth-order valence-electron chi connectivity index (χ4n) is 4.45. The van der Waals surface area contributed by atoms with Crippen LogP contribution in [-0.2, 0) is 0 Å². The van der Waals surface area contributed by atoms with E-state index in [-0.39, 0.29) is 0 Å². The summed E-state index contributed by atoms with van der Waals surface area (Å²) in [4.78, 5) is 0. The number of amidine groups is 2. The zero-order valence-corrected chi connectivity index (χ0v) is 21.0. The van der Waals surface area contributed by atoms with Crippen LogP contribution in [0, 0.1) is 34.5 Å². The van der Waals surface area contributed by atoms with E-state index in [1.807, 2.05) is 10.8 Å². The molecule has 0 saturated heterocycles. The van der Waals surface area contributed by atoms with Gasteiger partial charge in [-0.25, -0.2) is 0 Å². The molecule has 0 amide bonds. The zero-order chi connectivity index (χ0) is 21.5. The van der Waals surface area contributed by atoms with Crippen LogP contribution in [-0.4, -0.2) is 36.3 Å². The second kappa shape index (κ2) is 16.4. The van der Waals surface area contributed by atoms with Crippen molar-refractivity contribution in [3.8, 4) is 0 Å². The standard InChI is InChI=1S/C22H46N4S2/c1-8-18(9-2)16(5)22(19(10-3)11-4)17(6)26-21(24)13-15-28-27-14-12-20(23)25-7/h16-19,22H,8-15H2,1-7H3,(H2,23,25)(H2,24,26). The Morgan fingerprint density at radius 3 is 1.68 bits per heavy atom. The third-order valence-electron chi connectivity index (χ3n) is 6.23. The smallest absolute Gasteiger partial charge is 0.0942 e. The highest BCUT2D eigenvalue weighted by Crippen LogP contribution is 2.36. The molecular weight excluding hydrogens is 384 g/mol. The molecule has 0 bridgehead atoms. The molecule has 0 fully saturated rings. The average molecular weight is 431 g/mol. The molecule has 0 heterocycles. The Bertz CT molecular complexity index is 423. The van der Waals surface area contributed by atoms with Crippen LogP contribution in [0.25, 0.3) is 0 Å². The molecule has 0 saturated carbocycles. The lowest BCUT2D eigenvalue weighted by molar-refractivity contribution is 0.130. The van der Waals surface area contributed by atoms with Crippen molar-refractivity contribution in [3.05, 3.63) is 0 Å². The Morgan fingerprint density at radius 1 is 0.786 bits per heavy atom. The second-order valence-corrected chi connectivity index (χ2v) is 10.6. The second-order valence-electron chi connectivity index (χ2n) is 7.87. The van der Waals surface area contributed by atoms with Gasteiger partial charge in [0.1, 0.15) is 0 Å². The minimum Gasteiger partial charge on any atom is -0.377 e. The van der Waals surface area contributed by atoms with E-state index in [9.17, 15) is 0 Å². The topological polar surface area (TPSA) is 71.8 Å². The average Bonchev–Trinajstić information content (AvgIpc) is 2.68. The Labute approximate surface area is 183 Å². The van der Waals surface area contributed by atoms with E-state index in [1.54, 1.807) is 17.8 Å². The highest BCUT2D eigenvalue weighted by Gasteiger charge is 2.33. The molecule has 4 N–H and O–H groups in total. The normalized spacial score (nSPS) is 14.8. The predicted octanol–water partition coefficient (Wildman–Crippen LogP) is 6.42. The quantitative estimate of drug-likeness (QED) is 0.0986. The Morgan fingerprint density at radius 2 is 1.25 bits per heavy atom. The van der Waals surface area contributed by atoms with Gasteiger partial charge in [0.25, 0.3) is 0 Å². The van der Waals surface area contributed by atoms with Crippen LogP contribution >= 0.6 is 21.6 Å². The summed E-state index contributed by atoms with van der Waals surface area (Å²) in [5.41, 5.74) is 0. The van der Waals surface area contributed by atoms with Gasteiger partial charge in [-0.05, 0) is 30.6 Å². The molecule has 0 aliphatic heterocycles. The van der Waals surface area contributed by atoms with Gasteiger partial charge >= 0.3 is 0 Å². The number of hydrogen-bond acceptors (Lipinski definition) is 4. The van der Waals surface area contributed by atoms with Gasteiger partial charge in [-0.3, -0.25) is 10.8 Å². The Kier molecular flexibility index (Phi) is 16.2. The molecule has 0 spiro atoms. The van der Waals surface area contributed by atoms with Crippen LogP contribution in [0.15, 0.2) is 0 Å². The highest BCUT2D eigenvalue weighted by atomic mass is 33.1. The van der Waals surface area contributed by atoms with Crippen molar-refractivity contribution >= 4 is 33.3 Å². The molecule has 0 aliphatic rings. The summed E-state index contributed by atoms with van der Waals surface area (Å²) in [5.74, 6) is 5.97. The maximum absolute atomic E-state index is 8.41. The molecule has 0 rings (SSSR count). The minimum absolute atomic E-state index is 0.349. The van der Waals surface area contributed by atoms with Crippen molar-refractivity contribution < 1.29 is 0 Å². The van der Waals surface area contributed by atoms with Gasteiger partial charge in [0.2, 0.25) is 0 Å². The van der Waals surface area contributed by atoms with Crippen LogP contribution in [0.1, 0.15) is 80.1 Å². The van der Waals surface area contributed by atoms with Crippen molar-refractivity contribution in [1.82, 2.24) is 10.6 Å². The molecule has 3 unspecified atom stereocenters. The monoisotopic (exact) mass is 430 g/mol. The predicted molar refractivity (Wildman–Crippen MR) is 132 cm³/mol. The summed E-state index contributed by atoms with van der Waals surface area (Å²) in [6.45, 7) is 14.0. The van der Waals surface area contributed by atoms with Crippen LogP contribution in [0.3, 0.4) is 0 Å². The van der Waals surface area contributed by atoms with Gasteiger partial charge in [-0.1, -0.05) is 81.9 Å². The van der Waals surface area contributed by atoms with Gasteiger partial charge in [0, 0.05) is 37.4 Å². The first-order chi connectivity index (χ1) is 13.4. The molecule has 166 valence electrons. The van der Waals surface area contributed by atoms with E-state index >= 15 is 0 Å². The molecule has 0 radical (unpaired) electrons. The summed E-state index contributed by atoms with van der Waals surface area (Å²) >= 11 is 0. The first-order valence-corrected chi connectivity index (χ1v) is 13.7. The summed E-state index contributed by atoms with van der Waals surface area (Å²) in [7, 11) is 5.42. The van der Waals surface area contributed by atoms with E-state index in [2.05, 4.69) is 52.2 Å².